The van der Waals surface area contributed by atoms with Gasteiger partial charge in [-0.05, 0) is 32.0 Å². The van der Waals surface area contributed by atoms with E-state index in [0.717, 1.165) is 15.0 Å². The Labute approximate surface area is 86.4 Å². The van der Waals surface area contributed by atoms with Gasteiger partial charge in [-0.25, -0.2) is 0 Å². The quantitative estimate of drug-likeness (QED) is 0.756. The summed E-state index contributed by atoms with van der Waals surface area (Å²) in [6.45, 7) is 3.49. The Bertz CT molecular complexity index is 466. The molecule has 0 aliphatic heterocycles. The summed E-state index contributed by atoms with van der Waals surface area (Å²) in [4.78, 5) is 0.869. The molecule has 2 N–H and O–H groups in total. The van der Waals surface area contributed by atoms with Gasteiger partial charge in [0.25, 0.3) is 0 Å². The van der Waals surface area contributed by atoms with Crippen molar-refractivity contribution in [1.29, 1.82) is 0 Å². The Balaban J connectivity index is 2.69. The van der Waals surface area contributed by atoms with E-state index in [9.17, 15) is 10.2 Å². The minimum Gasteiger partial charge on any atom is -0.507 e. The minimum atomic E-state index is -0.837. The maximum Gasteiger partial charge on any atom is 0.124 e. The van der Waals surface area contributed by atoms with Crippen LogP contribution in [0.4, 0.5) is 0 Å². The lowest BCUT2D eigenvalue weighted by atomic mass is 10.1. The van der Waals surface area contributed by atoms with Gasteiger partial charge in [-0.2, -0.15) is 0 Å². The summed E-state index contributed by atoms with van der Waals surface area (Å²) < 4.78 is 1.00. The van der Waals surface area contributed by atoms with Crippen molar-refractivity contribution in [2.24, 2.45) is 0 Å². The Morgan fingerprint density at radius 3 is 2.57 bits per heavy atom. The number of hydrogen-bond acceptors (Lipinski definition) is 3. The van der Waals surface area contributed by atoms with Crippen LogP contribution in [0.2, 0.25) is 0 Å². The number of fused-ring (bicyclic) bond motifs is 1. The van der Waals surface area contributed by atoms with Gasteiger partial charge in [0.1, 0.15) is 5.75 Å². The number of aliphatic hydroxyl groups is 1. The molecule has 0 atom stereocenters. The van der Waals surface area contributed by atoms with E-state index in [-0.39, 0.29) is 5.75 Å². The Hall–Kier alpha value is -1.06. The molecule has 2 nitrogen and oxygen atoms in total. The van der Waals surface area contributed by atoms with Crippen LogP contribution in [0.25, 0.3) is 10.1 Å². The molecule has 74 valence electrons. The number of thiophene rings is 1. The van der Waals surface area contributed by atoms with Gasteiger partial charge in [0.15, 0.2) is 0 Å². The minimum absolute atomic E-state index is 0.272. The number of rotatable bonds is 1. The summed E-state index contributed by atoms with van der Waals surface area (Å²) in [6, 6.07) is 7.25. The fraction of sp³-hybridized carbons (Fsp3) is 0.273. The maximum absolute atomic E-state index is 9.81. The van der Waals surface area contributed by atoms with E-state index >= 15 is 0 Å². The Morgan fingerprint density at radius 2 is 2.00 bits per heavy atom. The monoisotopic (exact) mass is 208 g/mol. The zero-order chi connectivity index (χ0) is 10.3. The molecule has 2 aromatic rings. The second-order valence-electron chi connectivity index (χ2n) is 3.86. The number of benzene rings is 1. The molecule has 1 aromatic heterocycles. The molecule has 0 saturated carbocycles. The van der Waals surface area contributed by atoms with Crippen LogP contribution in [0.1, 0.15) is 18.7 Å². The zero-order valence-corrected chi connectivity index (χ0v) is 8.93. The van der Waals surface area contributed by atoms with Gasteiger partial charge in [-0.1, -0.05) is 6.07 Å². The van der Waals surface area contributed by atoms with E-state index in [2.05, 4.69) is 0 Å². The molecular formula is C11H12O2S. The first kappa shape index (κ1) is 9.49. The van der Waals surface area contributed by atoms with Crippen LogP contribution in [0, 0.1) is 0 Å². The van der Waals surface area contributed by atoms with E-state index < -0.39 is 5.60 Å². The Kier molecular flexibility index (Phi) is 2.01. The summed E-state index contributed by atoms with van der Waals surface area (Å²) in [5.74, 6) is 0.272. The fourth-order valence-electron chi connectivity index (χ4n) is 1.35. The number of hydrogen-bond donors (Lipinski definition) is 2. The highest BCUT2D eigenvalue weighted by molar-refractivity contribution is 7.19. The average Bonchev–Trinajstić information content (AvgIpc) is 2.48. The Morgan fingerprint density at radius 1 is 1.29 bits per heavy atom. The number of phenolic OH excluding ortho intramolecular Hbond substituents is 1. The van der Waals surface area contributed by atoms with Crippen molar-refractivity contribution in [2.45, 2.75) is 19.4 Å². The second-order valence-corrected chi connectivity index (χ2v) is 4.94. The molecule has 1 heterocycles. The summed E-state index contributed by atoms with van der Waals surface area (Å²) in [5, 5.41) is 20.2. The maximum atomic E-state index is 9.81. The predicted octanol–water partition coefficient (Wildman–Crippen LogP) is 2.83. The van der Waals surface area contributed by atoms with Crippen LogP contribution < -0.4 is 0 Å². The van der Waals surface area contributed by atoms with Crippen LogP contribution in [0.15, 0.2) is 24.3 Å². The summed E-state index contributed by atoms with van der Waals surface area (Å²) in [5.41, 5.74) is -0.837. The molecule has 0 unspecified atom stereocenters. The molecule has 0 radical (unpaired) electrons. The van der Waals surface area contributed by atoms with Gasteiger partial charge >= 0.3 is 0 Å². The normalized spacial score (nSPS) is 12.2. The topological polar surface area (TPSA) is 40.5 Å². The summed E-state index contributed by atoms with van der Waals surface area (Å²) in [6.07, 6.45) is 0. The van der Waals surface area contributed by atoms with Crippen molar-refractivity contribution in [2.75, 3.05) is 0 Å². The van der Waals surface area contributed by atoms with Crippen molar-refractivity contribution in [3.8, 4) is 5.75 Å². The first-order valence-electron chi connectivity index (χ1n) is 4.43. The molecule has 0 spiro atoms. The van der Waals surface area contributed by atoms with E-state index in [0.29, 0.717) is 0 Å². The van der Waals surface area contributed by atoms with Crippen molar-refractivity contribution < 1.29 is 10.2 Å². The molecule has 2 rings (SSSR count). The van der Waals surface area contributed by atoms with E-state index in [1.54, 1.807) is 19.9 Å². The van der Waals surface area contributed by atoms with Crippen LogP contribution in [-0.2, 0) is 5.60 Å². The van der Waals surface area contributed by atoms with Gasteiger partial charge in [-0.15, -0.1) is 11.3 Å². The highest BCUT2D eigenvalue weighted by Gasteiger charge is 2.19. The summed E-state index contributed by atoms with van der Waals surface area (Å²) >= 11 is 1.51. The fourth-order valence-corrected chi connectivity index (χ4v) is 2.43. The predicted molar refractivity (Wildman–Crippen MR) is 58.7 cm³/mol. The molecule has 0 aliphatic carbocycles. The van der Waals surface area contributed by atoms with Gasteiger partial charge in [0.2, 0.25) is 0 Å². The highest BCUT2D eigenvalue weighted by Crippen LogP contribution is 2.36. The number of phenols is 1. The molecule has 0 amide bonds. The highest BCUT2D eigenvalue weighted by atomic mass is 32.1. The standard InChI is InChI=1S/C11H12O2S/c1-11(2,13)10-6-7-8(12)4-3-5-9(7)14-10/h3-6,12-13H,1-2H3. The molecule has 0 aliphatic rings. The van der Waals surface area contributed by atoms with E-state index in [1.165, 1.54) is 11.3 Å². The van der Waals surface area contributed by atoms with E-state index in [1.807, 2.05) is 18.2 Å². The van der Waals surface area contributed by atoms with Gasteiger partial charge in [0.05, 0.1) is 5.60 Å². The van der Waals surface area contributed by atoms with Gasteiger partial charge in [-0.3, -0.25) is 0 Å². The number of aromatic hydroxyl groups is 1. The molecule has 14 heavy (non-hydrogen) atoms. The van der Waals surface area contributed by atoms with Crippen molar-refractivity contribution in [3.05, 3.63) is 29.1 Å². The molecule has 0 fully saturated rings. The van der Waals surface area contributed by atoms with Gasteiger partial charge < -0.3 is 10.2 Å². The van der Waals surface area contributed by atoms with E-state index in [4.69, 9.17) is 0 Å². The van der Waals surface area contributed by atoms with Gasteiger partial charge in [0, 0.05) is 15.0 Å². The van der Waals surface area contributed by atoms with Crippen LogP contribution in [-0.4, -0.2) is 10.2 Å². The lowest BCUT2D eigenvalue weighted by molar-refractivity contribution is 0.0826. The smallest absolute Gasteiger partial charge is 0.124 e. The average molecular weight is 208 g/mol. The first-order chi connectivity index (χ1) is 6.48. The lowest BCUT2D eigenvalue weighted by Crippen LogP contribution is -2.12. The third-order valence-corrected chi connectivity index (χ3v) is 3.55. The van der Waals surface area contributed by atoms with Crippen molar-refractivity contribution >= 4 is 21.4 Å². The second kappa shape index (κ2) is 2.97. The lowest BCUT2D eigenvalue weighted by Gasteiger charge is -2.13. The molecule has 3 heteroatoms. The van der Waals surface area contributed by atoms with Crippen LogP contribution in [0.3, 0.4) is 0 Å². The first-order valence-corrected chi connectivity index (χ1v) is 5.24. The molecule has 0 saturated heterocycles. The SMILES string of the molecule is CC(C)(O)c1cc2c(O)cccc2s1. The summed E-state index contributed by atoms with van der Waals surface area (Å²) in [7, 11) is 0. The molecule has 1 aromatic carbocycles. The van der Waals surface area contributed by atoms with Crippen molar-refractivity contribution in [3.63, 3.8) is 0 Å². The zero-order valence-electron chi connectivity index (χ0n) is 8.11. The molecule has 0 bridgehead atoms. The third kappa shape index (κ3) is 1.49. The van der Waals surface area contributed by atoms with Crippen LogP contribution >= 0.6 is 11.3 Å². The van der Waals surface area contributed by atoms with Crippen molar-refractivity contribution in [1.82, 2.24) is 0 Å². The third-order valence-electron chi connectivity index (χ3n) is 2.14. The van der Waals surface area contributed by atoms with Crippen LogP contribution in [0.5, 0.6) is 5.75 Å². The molecular weight excluding hydrogens is 196 g/mol. The largest absolute Gasteiger partial charge is 0.507 e.